The summed E-state index contributed by atoms with van der Waals surface area (Å²) in [5.41, 5.74) is -0.402. The largest absolute Gasteiger partial charge is 0.416 e. The maximum absolute atomic E-state index is 12.8. The summed E-state index contributed by atoms with van der Waals surface area (Å²) in [4.78, 5) is 28.8. The van der Waals surface area contributed by atoms with Gasteiger partial charge < -0.3 is 9.80 Å². The van der Waals surface area contributed by atoms with Crippen molar-refractivity contribution < 1.29 is 22.8 Å². The van der Waals surface area contributed by atoms with E-state index in [-0.39, 0.29) is 30.2 Å². The lowest BCUT2D eigenvalue weighted by Gasteiger charge is -2.35. The Morgan fingerprint density at radius 1 is 1.23 bits per heavy atom. The number of fused-ring (bicyclic) bond motifs is 4. The Balaban J connectivity index is 1.72. The van der Waals surface area contributed by atoms with Gasteiger partial charge >= 0.3 is 6.18 Å². The maximum atomic E-state index is 12.8. The van der Waals surface area contributed by atoms with Crippen molar-refractivity contribution in [1.29, 1.82) is 0 Å². The van der Waals surface area contributed by atoms with Gasteiger partial charge in [0.25, 0.3) is 0 Å². The van der Waals surface area contributed by atoms with Crippen molar-refractivity contribution in [3.05, 3.63) is 35.4 Å². The molecule has 2 bridgehead atoms. The highest BCUT2D eigenvalue weighted by atomic mass is 19.4. The molecule has 0 spiro atoms. The molecule has 2 unspecified atom stereocenters. The molecule has 3 saturated heterocycles. The second-order valence-corrected chi connectivity index (χ2v) is 7.13. The molecule has 0 aliphatic carbocycles. The van der Waals surface area contributed by atoms with Gasteiger partial charge in [0.05, 0.1) is 17.9 Å². The molecule has 0 aromatic heterocycles. The van der Waals surface area contributed by atoms with E-state index < -0.39 is 11.7 Å². The van der Waals surface area contributed by atoms with E-state index in [1.807, 2.05) is 11.8 Å². The molecule has 0 saturated carbocycles. The molecular formula is C19H23F3N2O2. The van der Waals surface area contributed by atoms with Crippen molar-refractivity contribution in [3.8, 4) is 0 Å². The number of halogens is 3. The summed E-state index contributed by atoms with van der Waals surface area (Å²) in [5, 5.41) is 0. The third kappa shape index (κ3) is 3.86. The smallest absolute Gasteiger partial charge is 0.340 e. The minimum atomic E-state index is -4.42. The van der Waals surface area contributed by atoms with Gasteiger partial charge in [0, 0.05) is 25.7 Å². The number of carbonyl (C=O) groups excluding carboxylic acids is 2. The van der Waals surface area contributed by atoms with Crippen molar-refractivity contribution >= 4 is 11.8 Å². The van der Waals surface area contributed by atoms with Crippen molar-refractivity contribution in [3.63, 3.8) is 0 Å². The zero-order chi connectivity index (χ0) is 18.9. The molecule has 1 aromatic carbocycles. The van der Waals surface area contributed by atoms with Crippen LogP contribution in [-0.4, -0.2) is 47.3 Å². The fourth-order valence-corrected chi connectivity index (χ4v) is 3.92. The molecule has 3 fully saturated rings. The van der Waals surface area contributed by atoms with Crippen LogP contribution in [-0.2, 0) is 22.2 Å². The number of piperidine rings is 1. The predicted molar refractivity (Wildman–Crippen MR) is 90.2 cm³/mol. The third-order valence-corrected chi connectivity index (χ3v) is 5.22. The van der Waals surface area contributed by atoms with Crippen LogP contribution in [0, 0.1) is 5.92 Å². The number of amides is 2. The van der Waals surface area contributed by atoms with E-state index in [9.17, 15) is 22.8 Å². The van der Waals surface area contributed by atoms with Crippen LogP contribution in [0.3, 0.4) is 0 Å². The normalized spacial score (nSPS) is 23.3. The summed E-state index contributed by atoms with van der Waals surface area (Å²) >= 11 is 0. The van der Waals surface area contributed by atoms with Gasteiger partial charge in [-0.3, -0.25) is 9.59 Å². The van der Waals surface area contributed by atoms with E-state index in [4.69, 9.17) is 0 Å². The lowest BCUT2D eigenvalue weighted by molar-refractivity contribution is -0.140. The molecule has 3 aliphatic heterocycles. The average molecular weight is 368 g/mol. The fraction of sp³-hybridized carbons (Fsp3) is 0.579. The molecule has 4 rings (SSSR count). The van der Waals surface area contributed by atoms with E-state index in [0.29, 0.717) is 25.2 Å². The van der Waals surface area contributed by atoms with E-state index in [1.165, 1.54) is 12.1 Å². The average Bonchev–Trinajstić information content (AvgIpc) is 2.87. The highest BCUT2D eigenvalue weighted by molar-refractivity contribution is 5.84. The third-order valence-electron chi connectivity index (χ3n) is 5.22. The Hall–Kier alpha value is -2.05. The number of alkyl halides is 3. The van der Waals surface area contributed by atoms with Crippen molar-refractivity contribution in [2.75, 3.05) is 19.6 Å². The van der Waals surface area contributed by atoms with Crippen LogP contribution in [0.1, 0.15) is 37.3 Å². The Labute approximate surface area is 151 Å². The van der Waals surface area contributed by atoms with Crippen LogP contribution in [0.4, 0.5) is 13.2 Å². The molecule has 3 aliphatic rings. The number of carbonyl (C=O) groups is 2. The van der Waals surface area contributed by atoms with Gasteiger partial charge in [0.2, 0.25) is 11.8 Å². The Morgan fingerprint density at radius 2 is 2.00 bits per heavy atom. The van der Waals surface area contributed by atoms with Crippen molar-refractivity contribution in [2.24, 2.45) is 5.92 Å². The van der Waals surface area contributed by atoms with Gasteiger partial charge in [-0.1, -0.05) is 25.1 Å². The lowest BCUT2D eigenvalue weighted by atomic mass is 9.94. The van der Waals surface area contributed by atoms with Crippen LogP contribution in [0.2, 0.25) is 0 Å². The topological polar surface area (TPSA) is 40.6 Å². The van der Waals surface area contributed by atoms with Gasteiger partial charge in [0.15, 0.2) is 0 Å². The molecule has 142 valence electrons. The molecule has 26 heavy (non-hydrogen) atoms. The molecule has 2 amide bonds. The second-order valence-electron chi connectivity index (χ2n) is 7.13. The minimum absolute atomic E-state index is 0.0201. The van der Waals surface area contributed by atoms with E-state index >= 15 is 0 Å². The van der Waals surface area contributed by atoms with Gasteiger partial charge in [-0.15, -0.1) is 0 Å². The summed E-state index contributed by atoms with van der Waals surface area (Å²) in [7, 11) is 0. The summed E-state index contributed by atoms with van der Waals surface area (Å²) in [6.45, 7) is 3.55. The first kappa shape index (κ1) is 18.7. The van der Waals surface area contributed by atoms with Gasteiger partial charge in [0.1, 0.15) is 0 Å². The number of nitrogens with zero attached hydrogens (tertiary/aromatic N) is 2. The Morgan fingerprint density at radius 3 is 2.69 bits per heavy atom. The first-order valence-electron chi connectivity index (χ1n) is 9.04. The maximum Gasteiger partial charge on any atom is 0.416 e. The summed E-state index contributed by atoms with van der Waals surface area (Å²) in [5.74, 6) is -0.296. The first-order valence-corrected chi connectivity index (χ1v) is 9.04. The van der Waals surface area contributed by atoms with Crippen LogP contribution < -0.4 is 0 Å². The molecule has 3 heterocycles. The highest BCUT2D eigenvalue weighted by Crippen LogP contribution is 2.31. The van der Waals surface area contributed by atoms with E-state index in [2.05, 4.69) is 0 Å². The quantitative estimate of drug-likeness (QED) is 0.819. The Bertz CT molecular complexity index is 690. The van der Waals surface area contributed by atoms with Crippen LogP contribution >= 0.6 is 0 Å². The number of rotatable bonds is 4. The number of hydrogen-bond acceptors (Lipinski definition) is 2. The Kier molecular flexibility index (Phi) is 5.25. The lowest BCUT2D eigenvalue weighted by Crippen LogP contribution is -2.48. The number of benzene rings is 1. The highest BCUT2D eigenvalue weighted by Gasteiger charge is 2.41. The molecule has 2 atom stereocenters. The summed E-state index contributed by atoms with van der Waals surface area (Å²) in [6, 6.07) is 4.91. The summed E-state index contributed by atoms with van der Waals surface area (Å²) < 4.78 is 38.5. The summed E-state index contributed by atoms with van der Waals surface area (Å²) in [6.07, 6.45) is -1.98. The molecule has 4 nitrogen and oxygen atoms in total. The van der Waals surface area contributed by atoms with Gasteiger partial charge in [-0.05, 0) is 30.9 Å². The standard InChI is InChI=1S/C19H23F3N2O2/c1-2-8-24-16-7-6-14(18(24)26)11-23(12-16)17(25)10-13-4-3-5-15(9-13)19(20,21)22/h3-5,9,14,16H,2,6-8,10-12H2,1H3. The van der Waals surface area contributed by atoms with Crippen molar-refractivity contribution in [2.45, 2.75) is 44.8 Å². The molecule has 0 radical (unpaired) electrons. The molecule has 7 heteroatoms. The zero-order valence-corrected chi connectivity index (χ0v) is 14.8. The van der Waals surface area contributed by atoms with Crippen molar-refractivity contribution in [1.82, 2.24) is 9.80 Å². The van der Waals surface area contributed by atoms with Gasteiger partial charge in [-0.25, -0.2) is 0 Å². The van der Waals surface area contributed by atoms with E-state index in [0.717, 1.165) is 31.4 Å². The van der Waals surface area contributed by atoms with Gasteiger partial charge in [-0.2, -0.15) is 13.2 Å². The van der Waals surface area contributed by atoms with Crippen LogP contribution in [0.15, 0.2) is 24.3 Å². The van der Waals surface area contributed by atoms with Crippen LogP contribution in [0.25, 0.3) is 0 Å². The molecule has 0 N–H and O–H groups in total. The zero-order valence-electron chi connectivity index (χ0n) is 14.8. The SMILES string of the molecule is CCCN1C(=O)C2CCC1CN(C(=O)Cc1cccc(C(F)(F)F)c1)C2. The predicted octanol–water partition coefficient (Wildman–Crippen LogP) is 3.11. The monoisotopic (exact) mass is 368 g/mol. The van der Waals surface area contributed by atoms with Crippen LogP contribution in [0.5, 0.6) is 0 Å². The van der Waals surface area contributed by atoms with E-state index in [1.54, 1.807) is 4.90 Å². The fourth-order valence-electron chi connectivity index (χ4n) is 3.92. The minimum Gasteiger partial charge on any atom is -0.340 e. The number of hydrogen-bond donors (Lipinski definition) is 0. The first-order chi connectivity index (χ1) is 12.3. The molecule has 1 aromatic rings. The second kappa shape index (κ2) is 7.29. The molecular weight excluding hydrogens is 345 g/mol.